The zero-order valence-corrected chi connectivity index (χ0v) is 17.5. The van der Waals surface area contributed by atoms with E-state index in [2.05, 4.69) is 17.9 Å². The topological polar surface area (TPSA) is 23.5 Å². The molecule has 2 atom stereocenters. The number of piperidine rings is 1. The molecule has 2 unspecified atom stereocenters. The minimum atomic E-state index is -4.29. The van der Waals surface area contributed by atoms with Crippen molar-refractivity contribution >= 4 is 0 Å². The van der Waals surface area contributed by atoms with Gasteiger partial charge in [0, 0.05) is 6.54 Å². The first kappa shape index (κ1) is 21.4. The van der Waals surface area contributed by atoms with Crippen LogP contribution < -0.4 is 0 Å². The van der Waals surface area contributed by atoms with Gasteiger partial charge in [-0.3, -0.25) is 0 Å². The van der Waals surface area contributed by atoms with E-state index in [-0.39, 0.29) is 5.92 Å². The van der Waals surface area contributed by atoms with Gasteiger partial charge < -0.3 is 10.0 Å². The minimum absolute atomic E-state index is 0.0364. The van der Waals surface area contributed by atoms with Crippen LogP contribution in [0.5, 0.6) is 0 Å². The lowest BCUT2D eigenvalue weighted by Crippen LogP contribution is -2.37. The first-order chi connectivity index (χ1) is 14.3. The van der Waals surface area contributed by atoms with E-state index in [1.54, 1.807) is 12.1 Å². The first-order valence-corrected chi connectivity index (χ1v) is 11.0. The van der Waals surface area contributed by atoms with Crippen LogP contribution in [0.2, 0.25) is 0 Å². The van der Waals surface area contributed by atoms with Crippen LogP contribution in [-0.4, -0.2) is 29.6 Å². The van der Waals surface area contributed by atoms with Gasteiger partial charge in [0.25, 0.3) is 0 Å². The van der Waals surface area contributed by atoms with Crippen molar-refractivity contribution in [2.24, 2.45) is 5.92 Å². The molecule has 0 aromatic heterocycles. The lowest BCUT2D eigenvalue weighted by atomic mass is 9.85. The van der Waals surface area contributed by atoms with Crippen molar-refractivity contribution in [2.75, 3.05) is 19.6 Å². The lowest BCUT2D eigenvalue weighted by molar-refractivity contribution is -0.138. The summed E-state index contributed by atoms with van der Waals surface area (Å²) in [6.07, 6.45) is -0.428. The molecule has 0 bridgehead atoms. The first-order valence-electron chi connectivity index (χ1n) is 11.0. The van der Waals surface area contributed by atoms with E-state index in [4.69, 9.17) is 0 Å². The van der Waals surface area contributed by atoms with Gasteiger partial charge in [0.15, 0.2) is 0 Å². The molecule has 1 aliphatic carbocycles. The molecule has 0 radical (unpaired) electrons. The third kappa shape index (κ3) is 4.57. The number of rotatable bonds is 3. The van der Waals surface area contributed by atoms with Crippen molar-refractivity contribution in [3.05, 3.63) is 70.3 Å². The Labute approximate surface area is 176 Å². The normalized spacial score (nSPS) is 23.8. The van der Waals surface area contributed by atoms with E-state index < -0.39 is 17.8 Å². The van der Waals surface area contributed by atoms with Gasteiger partial charge in [-0.15, -0.1) is 0 Å². The van der Waals surface area contributed by atoms with Gasteiger partial charge in [-0.25, -0.2) is 0 Å². The molecule has 0 amide bonds. The van der Waals surface area contributed by atoms with E-state index in [9.17, 15) is 18.3 Å². The number of likely N-dealkylation sites (tertiary alicyclic amines) is 1. The number of aliphatic hydroxyl groups excluding tert-OH is 1. The van der Waals surface area contributed by atoms with Crippen molar-refractivity contribution in [3.8, 4) is 0 Å². The number of alkyl halides is 3. The van der Waals surface area contributed by atoms with Gasteiger partial charge in [-0.05, 0) is 92.3 Å². The molecule has 162 valence electrons. The van der Waals surface area contributed by atoms with Crippen LogP contribution in [0.25, 0.3) is 0 Å². The number of fused-ring (bicyclic) bond motifs is 1. The van der Waals surface area contributed by atoms with Crippen molar-refractivity contribution < 1.29 is 18.3 Å². The molecule has 1 N–H and O–H groups in total. The molecule has 2 aliphatic rings. The number of halogens is 3. The van der Waals surface area contributed by atoms with Gasteiger partial charge in [0.05, 0.1) is 11.7 Å². The molecular formula is C25H30F3NO. The second-order valence-electron chi connectivity index (χ2n) is 8.96. The zero-order chi connectivity index (χ0) is 21.3. The van der Waals surface area contributed by atoms with Crippen molar-refractivity contribution in [2.45, 2.75) is 57.2 Å². The fourth-order valence-electron chi connectivity index (χ4n) is 5.36. The van der Waals surface area contributed by atoms with Crippen LogP contribution >= 0.6 is 0 Å². The molecule has 4 rings (SSSR count). The summed E-state index contributed by atoms with van der Waals surface area (Å²) in [6, 6.07) is 12.2. The van der Waals surface area contributed by atoms with Crippen LogP contribution in [-0.2, 0) is 12.6 Å². The highest BCUT2D eigenvalue weighted by Gasteiger charge is 2.36. The number of aliphatic hydroxyl groups is 1. The summed E-state index contributed by atoms with van der Waals surface area (Å²) >= 11 is 0. The molecule has 1 aliphatic heterocycles. The van der Waals surface area contributed by atoms with E-state index in [0.29, 0.717) is 11.5 Å². The van der Waals surface area contributed by atoms with Crippen molar-refractivity contribution in [1.82, 2.24) is 4.90 Å². The van der Waals surface area contributed by atoms with Gasteiger partial charge in [0.2, 0.25) is 0 Å². The maximum Gasteiger partial charge on any atom is 0.416 e. The van der Waals surface area contributed by atoms with Crippen molar-refractivity contribution in [1.29, 1.82) is 0 Å². The molecule has 1 saturated heterocycles. The van der Waals surface area contributed by atoms with Crippen LogP contribution in [0.15, 0.2) is 42.5 Å². The Hall–Kier alpha value is -1.85. The summed E-state index contributed by atoms with van der Waals surface area (Å²) in [5.41, 5.74) is 3.57. The summed E-state index contributed by atoms with van der Waals surface area (Å²) in [6.45, 7) is 4.65. The Kier molecular flexibility index (Phi) is 6.21. The molecule has 0 saturated carbocycles. The van der Waals surface area contributed by atoms with Gasteiger partial charge in [0.1, 0.15) is 0 Å². The SMILES string of the molecule is Cc1cccc2c1CCC(CN1CCC(c3ccccc3C(F)(F)F)CC1)CC2O. The molecule has 2 aromatic rings. The van der Waals surface area contributed by atoms with Gasteiger partial charge >= 0.3 is 6.18 Å². The summed E-state index contributed by atoms with van der Waals surface area (Å²) in [7, 11) is 0. The van der Waals surface area contributed by atoms with Crippen LogP contribution in [0, 0.1) is 12.8 Å². The highest BCUT2D eigenvalue weighted by Crippen LogP contribution is 2.39. The molecule has 1 fully saturated rings. The smallest absolute Gasteiger partial charge is 0.388 e. The van der Waals surface area contributed by atoms with Crippen LogP contribution in [0.3, 0.4) is 0 Å². The van der Waals surface area contributed by atoms with Crippen LogP contribution in [0.4, 0.5) is 13.2 Å². The maximum absolute atomic E-state index is 13.4. The largest absolute Gasteiger partial charge is 0.416 e. The summed E-state index contributed by atoms with van der Waals surface area (Å²) in [5, 5.41) is 10.7. The molecule has 30 heavy (non-hydrogen) atoms. The Balaban J connectivity index is 1.37. The Morgan fingerprint density at radius 1 is 0.967 bits per heavy atom. The number of nitrogens with zero attached hydrogens (tertiary/aromatic N) is 1. The molecule has 2 aromatic carbocycles. The lowest BCUT2D eigenvalue weighted by Gasteiger charge is -2.35. The second kappa shape index (κ2) is 8.72. The third-order valence-electron chi connectivity index (χ3n) is 6.97. The van der Waals surface area contributed by atoms with Gasteiger partial charge in [-0.2, -0.15) is 13.2 Å². The zero-order valence-electron chi connectivity index (χ0n) is 17.5. The van der Waals surface area contributed by atoms with E-state index >= 15 is 0 Å². The molecule has 2 nitrogen and oxygen atoms in total. The maximum atomic E-state index is 13.4. The number of hydrogen-bond acceptors (Lipinski definition) is 2. The number of hydrogen-bond donors (Lipinski definition) is 1. The van der Waals surface area contributed by atoms with Crippen molar-refractivity contribution in [3.63, 3.8) is 0 Å². The van der Waals surface area contributed by atoms with Gasteiger partial charge in [-0.1, -0.05) is 36.4 Å². The van der Waals surface area contributed by atoms with E-state index in [1.165, 1.54) is 23.3 Å². The standard InChI is InChI=1S/C25H30F3NO/c1-17-5-4-7-22-20(17)10-9-18(15-24(22)30)16-29-13-11-19(12-14-29)21-6-2-3-8-23(21)25(26,27)28/h2-8,18-19,24,30H,9-16H2,1H3. The third-order valence-corrected chi connectivity index (χ3v) is 6.97. The fourth-order valence-corrected chi connectivity index (χ4v) is 5.36. The molecule has 0 spiro atoms. The van der Waals surface area contributed by atoms with E-state index in [1.807, 2.05) is 12.1 Å². The average molecular weight is 418 g/mol. The molecule has 5 heteroatoms. The summed E-state index contributed by atoms with van der Waals surface area (Å²) < 4.78 is 40.1. The predicted octanol–water partition coefficient (Wildman–Crippen LogP) is 5.88. The summed E-state index contributed by atoms with van der Waals surface area (Å²) in [5.74, 6) is 0.372. The molecular weight excluding hydrogens is 387 g/mol. The fraction of sp³-hybridized carbons (Fsp3) is 0.520. The van der Waals surface area contributed by atoms with Crippen LogP contribution in [0.1, 0.15) is 65.5 Å². The minimum Gasteiger partial charge on any atom is -0.388 e. The Morgan fingerprint density at radius 2 is 1.67 bits per heavy atom. The highest BCUT2D eigenvalue weighted by molar-refractivity contribution is 5.37. The van der Waals surface area contributed by atoms with E-state index in [0.717, 1.165) is 57.3 Å². The quantitative estimate of drug-likeness (QED) is 0.631. The monoisotopic (exact) mass is 417 g/mol. The predicted molar refractivity (Wildman–Crippen MR) is 112 cm³/mol. The average Bonchev–Trinajstić information content (AvgIpc) is 2.88. The Morgan fingerprint density at radius 3 is 2.40 bits per heavy atom. The molecule has 1 heterocycles. The number of benzene rings is 2. The summed E-state index contributed by atoms with van der Waals surface area (Å²) in [4.78, 5) is 2.38. The second-order valence-corrected chi connectivity index (χ2v) is 8.96. The Bertz CT molecular complexity index is 871. The highest BCUT2D eigenvalue weighted by atomic mass is 19.4. The number of aryl methyl sites for hydroxylation is 1.